The van der Waals surface area contributed by atoms with Crippen LogP contribution in [0.15, 0.2) is 71.6 Å². The second-order valence-electron chi connectivity index (χ2n) is 6.35. The lowest BCUT2D eigenvalue weighted by molar-refractivity contribution is 0.0698. The molecule has 2 N–H and O–H groups in total. The highest BCUT2D eigenvalue weighted by Gasteiger charge is 2.19. The normalized spacial score (nSPS) is 11.2. The van der Waals surface area contributed by atoms with E-state index in [1.54, 1.807) is 18.2 Å². The van der Waals surface area contributed by atoms with Gasteiger partial charge in [-0.05, 0) is 49.2 Å². The van der Waals surface area contributed by atoms with Crippen molar-refractivity contribution >= 4 is 21.7 Å². The Bertz CT molecular complexity index is 1090. The molecule has 0 aliphatic heterocycles. The highest BCUT2D eigenvalue weighted by molar-refractivity contribution is 7.92. The summed E-state index contributed by atoms with van der Waals surface area (Å²) in [5, 5.41) is 9.55. The van der Waals surface area contributed by atoms with Gasteiger partial charge in [-0.2, -0.15) is 0 Å². The summed E-state index contributed by atoms with van der Waals surface area (Å²) in [5.74, 6) is -1.20. The molecule has 0 amide bonds. The molecular weight excluding hydrogens is 362 g/mol. The summed E-state index contributed by atoms with van der Waals surface area (Å²) >= 11 is 0. The third-order valence-electron chi connectivity index (χ3n) is 4.21. The van der Waals surface area contributed by atoms with Gasteiger partial charge in [-0.3, -0.25) is 4.72 Å². The van der Waals surface area contributed by atoms with Gasteiger partial charge in [0.2, 0.25) is 0 Å². The molecule has 0 saturated carbocycles. The van der Waals surface area contributed by atoms with E-state index < -0.39 is 16.0 Å². The zero-order chi connectivity index (χ0) is 19.6. The first-order valence-corrected chi connectivity index (χ1v) is 9.78. The molecule has 6 heteroatoms. The molecular formula is C21H19NO4S. The van der Waals surface area contributed by atoms with Crippen LogP contribution in [0, 0.1) is 13.8 Å². The van der Waals surface area contributed by atoms with Crippen LogP contribution in [0.2, 0.25) is 0 Å². The smallest absolute Gasteiger partial charge is 0.337 e. The highest BCUT2D eigenvalue weighted by atomic mass is 32.2. The Morgan fingerprint density at radius 3 is 1.89 bits per heavy atom. The van der Waals surface area contributed by atoms with Gasteiger partial charge in [0.05, 0.1) is 16.1 Å². The number of nitrogens with one attached hydrogen (secondary N) is 1. The first-order chi connectivity index (χ1) is 12.8. The SMILES string of the molecule is Cc1ccc(-c2ccc(NS(=O)(=O)c3ccc(C)cc3)c(C(=O)O)c2)cc1. The van der Waals surface area contributed by atoms with Gasteiger partial charge in [-0.25, -0.2) is 13.2 Å². The Kier molecular flexibility index (Phi) is 5.01. The lowest BCUT2D eigenvalue weighted by Gasteiger charge is -2.12. The standard InChI is InChI=1S/C21H19NO4S/c1-14-3-7-16(8-4-14)17-9-12-20(19(13-17)21(23)24)22-27(25,26)18-10-5-15(2)6-11-18/h3-13,22H,1-2H3,(H,23,24). The number of carboxylic acid groups (broad SMARTS) is 1. The number of aryl methyl sites for hydroxylation is 2. The predicted molar refractivity (Wildman–Crippen MR) is 106 cm³/mol. The zero-order valence-corrected chi connectivity index (χ0v) is 15.7. The molecule has 0 heterocycles. The van der Waals surface area contributed by atoms with Crippen molar-refractivity contribution in [3.05, 3.63) is 83.4 Å². The van der Waals surface area contributed by atoms with Crippen LogP contribution in [0.4, 0.5) is 5.69 Å². The van der Waals surface area contributed by atoms with E-state index in [0.717, 1.165) is 16.7 Å². The summed E-state index contributed by atoms with van der Waals surface area (Å²) in [6.07, 6.45) is 0. The summed E-state index contributed by atoms with van der Waals surface area (Å²) in [6.45, 7) is 3.82. The lowest BCUT2D eigenvalue weighted by Crippen LogP contribution is -2.15. The van der Waals surface area contributed by atoms with E-state index in [2.05, 4.69) is 4.72 Å². The Morgan fingerprint density at radius 1 is 0.815 bits per heavy atom. The van der Waals surface area contributed by atoms with Gasteiger partial charge in [0.15, 0.2) is 0 Å². The van der Waals surface area contributed by atoms with Crippen LogP contribution in [-0.4, -0.2) is 19.5 Å². The van der Waals surface area contributed by atoms with E-state index in [9.17, 15) is 18.3 Å². The van der Waals surface area contributed by atoms with Crippen molar-refractivity contribution in [3.63, 3.8) is 0 Å². The van der Waals surface area contributed by atoms with E-state index in [0.29, 0.717) is 5.56 Å². The summed E-state index contributed by atoms with van der Waals surface area (Å²) in [7, 11) is -3.88. The van der Waals surface area contributed by atoms with Crippen LogP contribution < -0.4 is 4.72 Å². The average molecular weight is 381 g/mol. The molecule has 0 aliphatic carbocycles. The van der Waals surface area contributed by atoms with E-state index in [1.807, 2.05) is 38.1 Å². The van der Waals surface area contributed by atoms with E-state index in [4.69, 9.17) is 0 Å². The fraction of sp³-hybridized carbons (Fsp3) is 0.0952. The monoisotopic (exact) mass is 381 g/mol. The first-order valence-electron chi connectivity index (χ1n) is 8.30. The van der Waals surface area contributed by atoms with Crippen LogP contribution in [0.3, 0.4) is 0 Å². The Morgan fingerprint density at radius 2 is 1.33 bits per heavy atom. The molecule has 138 valence electrons. The van der Waals surface area contributed by atoms with Crippen LogP contribution in [0.5, 0.6) is 0 Å². The minimum absolute atomic E-state index is 0.0268. The summed E-state index contributed by atoms with van der Waals surface area (Å²) < 4.78 is 27.5. The molecule has 0 bridgehead atoms. The molecule has 0 aromatic heterocycles. The van der Waals surface area contributed by atoms with Crippen LogP contribution in [-0.2, 0) is 10.0 Å². The topological polar surface area (TPSA) is 83.5 Å². The highest BCUT2D eigenvalue weighted by Crippen LogP contribution is 2.27. The van der Waals surface area contributed by atoms with E-state index in [1.165, 1.54) is 24.3 Å². The summed E-state index contributed by atoms with van der Waals surface area (Å²) in [6, 6.07) is 18.7. The van der Waals surface area contributed by atoms with Crippen molar-refractivity contribution in [1.29, 1.82) is 0 Å². The first kappa shape index (κ1) is 18.7. The number of anilines is 1. The van der Waals surface area contributed by atoms with Gasteiger partial charge in [0.1, 0.15) is 0 Å². The average Bonchev–Trinajstić information content (AvgIpc) is 2.62. The maximum absolute atomic E-state index is 12.6. The number of sulfonamides is 1. The van der Waals surface area contributed by atoms with Gasteiger partial charge in [-0.1, -0.05) is 53.6 Å². The lowest BCUT2D eigenvalue weighted by atomic mass is 10.0. The largest absolute Gasteiger partial charge is 0.478 e. The molecule has 0 aliphatic rings. The fourth-order valence-electron chi connectivity index (χ4n) is 2.66. The molecule has 0 unspecified atom stereocenters. The minimum atomic E-state index is -3.88. The fourth-order valence-corrected chi connectivity index (χ4v) is 3.74. The molecule has 3 rings (SSSR count). The molecule has 0 fully saturated rings. The predicted octanol–water partition coefficient (Wildman–Crippen LogP) is 4.47. The van der Waals surface area contributed by atoms with Crippen molar-refractivity contribution in [3.8, 4) is 11.1 Å². The van der Waals surface area contributed by atoms with E-state index in [-0.39, 0.29) is 16.1 Å². The molecule has 0 saturated heterocycles. The van der Waals surface area contributed by atoms with Crippen LogP contribution in [0.1, 0.15) is 21.5 Å². The molecule has 0 atom stereocenters. The van der Waals surface area contributed by atoms with Crippen LogP contribution >= 0.6 is 0 Å². The Hall–Kier alpha value is -3.12. The van der Waals surface area contributed by atoms with Gasteiger partial charge >= 0.3 is 5.97 Å². The van der Waals surface area contributed by atoms with Crippen molar-refractivity contribution in [2.75, 3.05) is 4.72 Å². The van der Waals surface area contributed by atoms with Gasteiger partial charge in [0, 0.05) is 0 Å². The Labute approximate surface area is 158 Å². The maximum atomic E-state index is 12.6. The minimum Gasteiger partial charge on any atom is -0.478 e. The molecule has 3 aromatic rings. The second-order valence-corrected chi connectivity index (χ2v) is 8.03. The maximum Gasteiger partial charge on any atom is 0.337 e. The van der Waals surface area contributed by atoms with Gasteiger partial charge in [0.25, 0.3) is 10.0 Å². The third-order valence-corrected chi connectivity index (χ3v) is 5.59. The van der Waals surface area contributed by atoms with Crippen molar-refractivity contribution in [1.82, 2.24) is 0 Å². The third kappa shape index (κ3) is 4.17. The number of aromatic carboxylic acids is 1. The van der Waals surface area contributed by atoms with Gasteiger partial charge in [-0.15, -0.1) is 0 Å². The number of carbonyl (C=O) groups is 1. The van der Waals surface area contributed by atoms with E-state index >= 15 is 0 Å². The summed E-state index contributed by atoms with van der Waals surface area (Å²) in [4.78, 5) is 11.8. The number of hydrogen-bond donors (Lipinski definition) is 2. The molecule has 0 radical (unpaired) electrons. The molecule has 5 nitrogen and oxygen atoms in total. The second kappa shape index (κ2) is 7.25. The number of rotatable bonds is 5. The summed E-state index contributed by atoms with van der Waals surface area (Å²) in [5.41, 5.74) is 3.51. The van der Waals surface area contributed by atoms with Crippen LogP contribution in [0.25, 0.3) is 11.1 Å². The zero-order valence-electron chi connectivity index (χ0n) is 14.9. The Balaban J connectivity index is 1.99. The number of benzene rings is 3. The number of carboxylic acids is 1. The van der Waals surface area contributed by atoms with Crippen molar-refractivity contribution in [2.24, 2.45) is 0 Å². The molecule has 0 spiro atoms. The van der Waals surface area contributed by atoms with Gasteiger partial charge < -0.3 is 5.11 Å². The molecule has 27 heavy (non-hydrogen) atoms. The number of hydrogen-bond acceptors (Lipinski definition) is 3. The van der Waals surface area contributed by atoms with Crippen molar-refractivity contribution in [2.45, 2.75) is 18.7 Å². The van der Waals surface area contributed by atoms with Crippen molar-refractivity contribution < 1.29 is 18.3 Å². The molecule has 3 aromatic carbocycles. The quantitative estimate of drug-likeness (QED) is 0.683.